The molecule has 0 aliphatic heterocycles. The SMILES string of the molecule is C[Si](C)=[Hf]([CH3])([CH3])([CH]1C=Cc2c(-c3ccccc3)cccc21)[CH]1C=Cc2c(-c3ccccc3)cccc21. The molecule has 4 aromatic carbocycles. The first-order chi connectivity index (χ1) is 17.4. The predicted molar refractivity (Wildman–Crippen MR) is 157 cm³/mol. The average Bonchev–Trinajstić information content (AvgIpc) is 3.55. The van der Waals surface area contributed by atoms with E-state index in [4.69, 9.17) is 0 Å². The van der Waals surface area contributed by atoms with Crippen LogP contribution in [0.3, 0.4) is 0 Å². The van der Waals surface area contributed by atoms with Crippen molar-refractivity contribution in [2.24, 2.45) is 0 Å². The van der Waals surface area contributed by atoms with Gasteiger partial charge in [-0.3, -0.25) is 0 Å². The monoisotopic (exact) mass is 650 g/mol. The maximum atomic E-state index is 2.80. The van der Waals surface area contributed by atoms with Crippen molar-refractivity contribution in [3.8, 4) is 22.3 Å². The second-order valence-corrected chi connectivity index (χ2v) is 60.5. The molecule has 2 aliphatic carbocycles. The first kappa shape index (κ1) is 23.8. The topological polar surface area (TPSA) is 0 Å². The van der Waals surface area contributed by atoms with Crippen LogP contribution in [-0.2, 0) is 17.1 Å². The minimum absolute atomic E-state index is 0.556. The second kappa shape index (κ2) is 8.78. The maximum absolute atomic E-state index is 3.62. The van der Waals surface area contributed by atoms with Crippen molar-refractivity contribution in [2.45, 2.75) is 29.8 Å². The van der Waals surface area contributed by atoms with Crippen LogP contribution in [0.1, 0.15) is 29.6 Å². The van der Waals surface area contributed by atoms with Gasteiger partial charge in [-0.15, -0.1) is 0 Å². The van der Waals surface area contributed by atoms with Gasteiger partial charge in [0.2, 0.25) is 0 Å². The Morgan fingerprint density at radius 2 is 0.944 bits per heavy atom. The van der Waals surface area contributed by atoms with Gasteiger partial charge in [0.25, 0.3) is 0 Å². The summed E-state index contributed by atoms with van der Waals surface area (Å²) in [4.78, 5) is 0. The molecule has 2 unspecified atom stereocenters. The van der Waals surface area contributed by atoms with Gasteiger partial charge in [0.05, 0.1) is 0 Å². The Bertz CT molecular complexity index is 1490. The molecular formula is C34H34HfSi. The van der Waals surface area contributed by atoms with Crippen LogP contribution in [0.4, 0.5) is 0 Å². The summed E-state index contributed by atoms with van der Waals surface area (Å²) in [6.45, 7) is 5.22. The summed E-state index contributed by atoms with van der Waals surface area (Å²) in [6, 6.07) is 35.9. The molecule has 0 bridgehead atoms. The van der Waals surface area contributed by atoms with E-state index in [2.05, 4.69) is 144 Å². The van der Waals surface area contributed by atoms with E-state index in [1.807, 2.05) is 0 Å². The second-order valence-electron chi connectivity index (χ2n) is 11.6. The van der Waals surface area contributed by atoms with Gasteiger partial charge < -0.3 is 0 Å². The molecule has 4 aromatic rings. The third kappa shape index (κ3) is 3.49. The number of hydrogen-bond donors (Lipinski definition) is 0. The summed E-state index contributed by atoms with van der Waals surface area (Å²) in [5, 5.41) is 0. The molecule has 0 amide bonds. The van der Waals surface area contributed by atoms with E-state index < -0.39 is 22.6 Å². The molecule has 0 heterocycles. The molecule has 36 heavy (non-hydrogen) atoms. The van der Waals surface area contributed by atoms with Crippen LogP contribution < -0.4 is 0 Å². The van der Waals surface area contributed by atoms with E-state index in [1.54, 1.807) is 11.1 Å². The zero-order valence-corrected chi connectivity index (χ0v) is 26.3. The molecule has 0 fully saturated rings. The molecule has 0 N–H and O–H groups in total. The fourth-order valence-corrected chi connectivity index (χ4v) is 40.6. The molecule has 0 saturated heterocycles. The van der Waals surface area contributed by atoms with E-state index in [9.17, 15) is 0 Å². The quantitative estimate of drug-likeness (QED) is 0.193. The Morgan fingerprint density at radius 3 is 1.33 bits per heavy atom. The van der Waals surface area contributed by atoms with Crippen molar-refractivity contribution in [1.29, 1.82) is 0 Å². The van der Waals surface area contributed by atoms with Gasteiger partial charge in [-0.2, -0.15) is 0 Å². The molecule has 2 aliphatic rings. The Balaban J connectivity index is 1.52. The predicted octanol–water partition coefficient (Wildman–Crippen LogP) is 9.89. The number of allylic oxidation sites excluding steroid dienone is 2. The summed E-state index contributed by atoms with van der Waals surface area (Å²) in [6.07, 6.45) is 10.1. The van der Waals surface area contributed by atoms with Crippen LogP contribution in [-0.4, -0.2) is 5.49 Å². The third-order valence-corrected chi connectivity index (χ3v) is 69.1. The number of hydrogen-bond acceptors (Lipinski definition) is 0. The van der Waals surface area contributed by atoms with Gasteiger partial charge in [-0.1, -0.05) is 0 Å². The van der Waals surface area contributed by atoms with E-state index in [-0.39, 0.29) is 0 Å². The molecule has 178 valence electrons. The van der Waals surface area contributed by atoms with E-state index in [0.29, 0.717) is 7.35 Å². The van der Waals surface area contributed by atoms with Crippen molar-refractivity contribution >= 4 is 17.6 Å². The molecule has 6 rings (SSSR count). The minimum atomic E-state index is -3.62. The van der Waals surface area contributed by atoms with Crippen LogP contribution in [0, 0.1) is 0 Å². The van der Waals surface area contributed by atoms with Crippen LogP contribution in [0.2, 0.25) is 22.5 Å². The van der Waals surface area contributed by atoms with Gasteiger partial charge in [0.1, 0.15) is 0 Å². The normalized spacial score (nSPS) is 18.2. The Labute approximate surface area is 217 Å². The summed E-state index contributed by atoms with van der Waals surface area (Å²) < 4.78 is 6.74. The van der Waals surface area contributed by atoms with Crippen LogP contribution >= 0.6 is 0 Å². The number of fused-ring (bicyclic) bond motifs is 2. The molecule has 0 nitrogen and oxygen atoms in total. The van der Waals surface area contributed by atoms with Gasteiger partial charge in [-0.25, -0.2) is 0 Å². The van der Waals surface area contributed by atoms with Gasteiger partial charge in [0, 0.05) is 0 Å². The van der Waals surface area contributed by atoms with E-state index in [0.717, 1.165) is 0 Å². The van der Waals surface area contributed by atoms with Gasteiger partial charge >= 0.3 is 218 Å². The summed E-state index contributed by atoms with van der Waals surface area (Å²) in [7, 11) is 0. The summed E-state index contributed by atoms with van der Waals surface area (Å²) in [5.41, 5.74) is 10.9. The molecule has 0 spiro atoms. The first-order valence-electron chi connectivity index (χ1n) is 13.1. The first-order valence-corrected chi connectivity index (χ1v) is 32.3. The Hall–Kier alpha value is -2.55. The van der Waals surface area contributed by atoms with Crippen molar-refractivity contribution in [3.05, 3.63) is 131 Å². The molecular weight excluding hydrogens is 615 g/mol. The van der Waals surface area contributed by atoms with Gasteiger partial charge in [-0.05, 0) is 0 Å². The van der Waals surface area contributed by atoms with Crippen molar-refractivity contribution in [3.63, 3.8) is 0 Å². The molecule has 2 atom stereocenters. The number of rotatable bonds is 4. The van der Waals surface area contributed by atoms with Crippen molar-refractivity contribution in [1.82, 2.24) is 0 Å². The Morgan fingerprint density at radius 1 is 0.528 bits per heavy atom. The van der Waals surface area contributed by atoms with Crippen LogP contribution in [0.15, 0.2) is 109 Å². The number of benzene rings is 4. The standard InChI is InChI=1S/2C15H11.C2H6Si.2CH3.Hf/c2*1-2-6-12(7-3-1)14-10-4-8-13-9-5-11-15(13)14;1-3-2;;;/h2*1-11H;1-2H3;2*1H3;. The zero-order chi connectivity index (χ0) is 24.9. The average molecular weight is 649 g/mol. The molecule has 0 aromatic heterocycles. The van der Waals surface area contributed by atoms with Crippen LogP contribution in [0.25, 0.3) is 34.4 Å². The Kier molecular flexibility index (Phi) is 5.81. The summed E-state index contributed by atoms with van der Waals surface area (Å²) in [5.74, 6) is 0. The fraction of sp³-hybridized carbons (Fsp3) is 0.176. The molecule has 0 radical (unpaired) electrons. The molecule has 2 heteroatoms. The van der Waals surface area contributed by atoms with Crippen LogP contribution in [0.5, 0.6) is 0 Å². The van der Waals surface area contributed by atoms with Crippen molar-refractivity contribution < 1.29 is 17.1 Å². The zero-order valence-electron chi connectivity index (χ0n) is 21.7. The van der Waals surface area contributed by atoms with Gasteiger partial charge in [0.15, 0.2) is 0 Å². The van der Waals surface area contributed by atoms with Crippen molar-refractivity contribution in [2.75, 3.05) is 0 Å². The van der Waals surface area contributed by atoms with E-state index >= 15 is 0 Å². The van der Waals surface area contributed by atoms with E-state index in [1.165, 1.54) is 33.4 Å². The third-order valence-electron chi connectivity index (χ3n) is 9.52. The fourth-order valence-electron chi connectivity index (χ4n) is 6.78. The molecule has 0 saturated carbocycles. The summed E-state index contributed by atoms with van der Waals surface area (Å²) >= 11 is -3.62.